The summed E-state index contributed by atoms with van der Waals surface area (Å²) in [7, 11) is 0. The average Bonchev–Trinajstić information content (AvgIpc) is 2.38. The normalized spacial score (nSPS) is 20.5. The monoisotopic (exact) mass is 225 g/mol. The molecule has 1 atom stereocenters. The lowest BCUT2D eigenvalue weighted by Crippen LogP contribution is -2.28. The predicted octanol–water partition coefficient (Wildman–Crippen LogP) is 2.62. The lowest BCUT2D eigenvalue weighted by atomic mass is 10.2. The SMILES string of the molecule is CCN1CC(C)CNc2cc(Cl)cnc21. The highest BCUT2D eigenvalue weighted by Crippen LogP contribution is 2.29. The molecule has 82 valence electrons. The van der Waals surface area contributed by atoms with Gasteiger partial charge in [0.2, 0.25) is 0 Å². The first-order chi connectivity index (χ1) is 7.20. The van der Waals surface area contributed by atoms with Gasteiger partial charge in [0.1, 0.15) is 0 Å². The van der Waals surface area contributed by atoms with Gasteiger partial charge in [-0.1, -0.05) is 18.5 Å². The van der Waals surface area contributed by atoms with Crippen molar-refractivity contribution in [1.82, 2.24) is 4.98 Å². The Hall–Kier alpha value is -0.960. The highest BCUT2D eigenvalue weighted by atomic mass is 35.5. The van der Waals surface area contributed by atoms with Gasteiger partial charge in [-0.3, -0.25) is 0 Å². The van der Waals surface area contributed by atoms with Gasteiger partial charge in [0, 0.05) is 25.8 Å². The predicted molar refractivity (Wildman–Crippen MR) is 64.8 cm³/mol. The Morgan fingerprint density at radius 1 is 1.67 bits per heavy atom. The fourth-order valence-corrected chi connectivity index (χ4v) is 2.06. The van der Waals surface area contributed by atoms with Gasteiger partial charge < -0.3 is 10.2 Å². The van der Waals surface area contributed by atoms with Crippen molar-refractivity contribution in [3.63, 3.8) is 0 Å². The molecule has 2 heterocycles. The summed E-state index contributed by atoms with van der Waals surface area (Å²) in [6, 6.07) is 1.95. The van der Waals surface area contributed by atoms with E-state index in [0.717, 1.165) is 31.1 Å². The molecule has 1 aromatic rings. The number of aromatic nitrogens is 1. The summed E-state index contributed by atoms with van der Waals surface area (Å²) in [5.74, 6) is 1.64. The maximum Gasteiger partial charge on any atom is 0.152 e. The van der Waals surface area contributed by atoms with Gasteiger partial charge in [-0.05, 0) is 18.9 Å². The summed E-state index contributed by atoms with van der Waals surface area (Å²) in [6.07, 6.45) is 1.71. The van der Waals surface area contributed by atoms with Gasteiger partial charge in [-0.25, -0.2) is 4.98 Å². The van der Waals surface area contributed by atoms with Crippen LogP contribution in [0.25, 0.3) is 0 Å². The van der Waals surface area contributed by atoms with Gasteiger partial charge in [-0.15, -0.1) is 0 Å². The minimum absolute atomic E-state index is 0.623. The highest BCUT2D eigenvalue weighted by molar-refractivity contribution is 6.30. The molecule has 0 aromatic carbocycles. The molecule has 0 saturated heterocycles. The summed E-state index contributed by atoms with van der Waals surface area (Å²) < 4.78 is 0. The standard InChI is InChI=1S/C11H16ClN3/c1-3-15-7-8(2)5-13-10-4-9(12)6-14-11(10)15/h4,6,8,13H,3,5,7H2,1-2H3. The molecule has 0 amide bonds. The van der Waals surface area contributed by atoms with E-state index in [9.17, 15) is 0 Å². The van der Waals surface area contributed by atoms with E-state index in [0.29, 0.717) is 10.9 Å². The Bertz CT molecular complexity index is 354. The Kier molecular flexibility index (Phi) is 3.00. The largest absolute Gasteiger partial charge is 0.382 e. The van der Waals surface area contributed by atoms with E-state index in [1.807, 2.05) is 6.07 Å². The smallest absolute Gasteiger partial charge is 0.152 e. The van der Waals surface area contributed by atoms with Crippen molar-refractivity contribution in [2.75, 3.05) is 29.9 Å². The fraction of sp³-hybridized carbons (Fsp3) is 0.545. The molecule has 0 radical (unpaired) electrons. The van der Waals surface area contributed by atoms with Gasteiger partial charge in [-0.2, -0.15) is 0 Å². The Labute approximate surface area is 95.4 Å². The summed E-state index contributed by atoms with van der Waals surface area (Å²) in [4.78, 5) is 6.69. The van der Waals surface area contributed by atoms with Crippen LogP contribution in [0.2, 0.25) is 5.02 Å². The first-order valence-electron chi connectivity index (χ1n) is 5.35. The van der Waals surface area contributed by atoms with E-state index < -0.39 is 0 Å². The molecular formula is C11H16ClN3. The van der Waals surface area contributed by atoms with Gasteiger partial charge in [0.05, 0.1) is 10.7 Å². The topological polar surface area (TPSA) is 28.2 Å². The van der Waals surface area contributed by atoms with Crippen LogP contribution in [0.5, 0.6) is 0 Å². The van der Waals surface area contributed by atoms with Crippen LogP contribution in [0, 0.1) is 5.92 Å². The summed E-state index contributed by atoms with van der Waals surface area (Å²) in [5, 5.41) is 4.08. The highest BCUT2D eigenvalue weighted by Gasteiger charge is 2.18. The van der Waals surface area contributed by atoms with Crippen molar-refractivity contribution in [1.29, 1.82) is 0 Å². The Morgan fingerprint density at radius 3 is 3.20 bits per heavy atom. The molecule has 0 bridgehead atoms. The van der Waals surface area contributed by atoms with E-state index in [2.05, 4.69) is 29.0 Å². The zero-order valence-corrected chi connectivity index (χ0v) is 9.88. The molecular weight excluding hydrogens is 210 g/mol. The van der Waals surface area contributed by atoms with E-state index in [4.69, 9.17) is 11.6 Å². The van der Waals surface area contributed by atoms with Crippen LogP contribution < -0.4 is 10.2 Å². The number of anilines is 2. The lowest BCUT2D eigenvalue weighted by molar-refractivity contribution is 0.600. The number of fused-ring (bicyclic) bond motifs is 1. The number of pyridine rings is 1. The first-order valence-corrected chi connectivity index (χ1v) is 5.73. The molecule has 2 rings (SSSR count). The third kappa shape index (κ3) is 2.17. The van der Waals surface area contributed by atoms with E-state index >= 15 is 0 Å². The molecule has 4 heteroatoms. The minimum Gasteiger partial charge on any atom is -0.382 e. The fourth-order valence-electron chi connectivity index (χ4n) is 1.90. The molecule has 1 N–H and O–H groups in total. The van der Waals surface area contributed by atoms with E-state index in [-0.39, 0.29) is 0 Å². The number of halogens is 1. The summed E-state index contributed by atoms with van der Waals surface area (Å²) >= 11 is 5.94. The number of hydrogen-bond acceptors (Lipinski definition) is 3. The molecule has 0 saturated carbocycles. The first kappa shape index (κ1) is 10.6. The minimum atomic E-state index is 0.623. The van der Waals surface area contributed by atoms with Crippen LogP contribution in [-0.4, -0.2) is 24.6 Å². The van der Waals surface area contributed by atoms with Crippen LogP contribution in [-0.2, 0) is 0 Å². The van der Waals surface area contributed by atoms with Crippen molar-refractivity contribution in [2.45, 2.75) is 13.8 Å². The van der Waals surface area contributed by atoms with Crippen LogP contribution in [0.3, 0.4) is 0 Å². The molecule has 0 aliphatic carbocycles. The molecule has 1 unspecified atom stereocenters. The second-order valence-corrected chi connectivity index (χ2v) is 4.49. The number of rotatable bonds is 1. The molecule has 15 heavy (non-hydrogen) atoms. The molecule has 1 aromatic heterocycles. The van der Waals surface area contributed by atoms with Crippen molar-refractivity contribution >= 4 is 23.1 Å². The van der Waals surface area contributed by atoms with E-state index in [1.54, 1.807) is 6.20 Å². The second-order valence-electron chi connectivity index (χ2n) is 4.05. The van der Waals surface area contributed by atoms with Crippen LogP contribution >= 0.6 is 11.6 Å². The average molecular weight is 226 g/mol. The molecule has 0 spiro atoms. The molecule has 1 aliphatic heterocycles. The third-order valence-corrected chi connectivity index (χ3v) is 2.89. The Morgan fingerprint density at radius 2 is 2.47 bits per heavy atom. The van der Waals surface area contributed by atoms with Gasteiger partial charge in [0.15, 0.2) is 5.82 Å². The third-order valence-electron chi connectivity index (χ3n) is 2.69. The molecule has 0 fully saturated rings. The van der Waals surface area contributed by atoms with Crippen LogP contribution in [0.15, 0.2) is 12.3 Å². The van der Waals surface area contributed by atoms with E-state index in [1.165, 1.54) is 0 Å². The number of hydrogen-bond donors (Lipinski definition) is 1. The Balaban J connectivity index is 2.38. The van der Waals surface area contributed by atoms with Crippen molar-refractivity contribution in [2.24, 2.45) is 5.92 Å². The summed E-state index contributed by atoms with van der Waals surface area (Å²) in [5.41, 5.74) is 1.05. The van der Waals surface area contributed by atoms with Gasteiger partial charge >= 0.3 is 0 Å². The molecule has 3 nitrogen and oxygen atoms in total. The molecule has 1 aliphatic rings. The quantitative estimate of drug-likeness (QED) is 0.797. The summed E-state index contributed by atoms with van der Waals surface area (Å²) in [6.45, 7) is 7.39. The second kappa shape index (κ2) is 4.27. The maximum absolute atomic E-state index is 5.94. The zero-order chi connectivity index (χ0) is 10.8. The van der Waals surface area contributed by atoms with Crippen molar-refractivity contribution in [3.05, 3.63) is 17.3 Å². The maximum atomic E-state index is 5.94. The van der Waals surface area contributed by atoms with Crippen molar-refractivity contribution in [3.8, 4) is 0 Å². The van der Waals surface area contributed by atoms with Crippen LogP contribution in [0.4, 0.5) is 11.5 Å². The van der Waals surface area contributed by atoms with Crippen molar-refractivity contribution < 1.29 is 0 Å². The van der Waals surface area contributed by atoms with Crippen LogP contribution in [0.1, 0.15) is 13.8 Å². The zero-order valence-electron chi connectivity index (χ0n) is 9.13. The lowest BCUT2D eigenvalue weighted by Gasteiger charge is -2.22. The van der Waals surface area contributed by atoms with Gasteiger partial charge in [0.25, 0.3) is 0 Å². The number of nitrogens with one attached hydrogen (secondary N) is 1. The number of nitrogens with zero attached hydrogens (tertiary/aromatic N) is 2.